The van der Waals surface area contributed by atoms with E-state index in [9.17, 15) is 14.4 Å². The van der Waals surface area contributed by atoms with Gasteiger partial charge >= 0.3 is 12.1 Å². The minimum Gasteiger partial charge on any atom is -0.460 e. The first-order valence-corrected chi connectivity index (χ1v) is 9.34. The van der Waals surface area contributed by atoms with Crippen LogP contribution in [0.2, 0.25) is 0 Å². The van der Waals surface area contributed by atoms with Crippen molar-refractivity contribution in [3.8, 4) is 0 Å². The molecular formula is C21H24N2O5. The van der Waals surface area contributed by atoms with Crippen LogP contribution in [0.5, 0.6) is 0 Å². The van der Waals surface area contributed by atoms with Crippen molar-refractivity contribution in [3.05, 3.63) is 60.4 Å². The van der Waals surface area contributed by atoms with Crippen LogP contribution in [0, 0.1) is 11.3 Å². The Labute approximate surface area is 164 Å². The molecule has 1 fully saturated rings. The quantitative estimate of drug-likeness (QED) is 0.576. The van der Waals surface area contributed by atoms with E-state index in [0.29, 0.717) is 13.1 Å². The van der Waals surface area contributed by atoms with Crippen LogP contribution in [-0.4, -0.2) is 47.5 Å². The van der Waals surface area contributed by atoms with Gasteiger partial charge in [0.05, 0.1) is 6.61 Å². The maximum absolute atomic E-state index is 12.8. The van der Waals surface area contributed by atoms with Gasteiger partial charge in [0, 0.05) is 30.9 Å². The SMILES string of the molecule is CCOC(=O)N1C=CC2(C=C1)CN(CC)C(=O)C2C(=O)OCc1ccccc1. The maximum Gasteiger partial charge on any atom is 0.417 e. The highest BCUT2D eigenvalue weighted by molar-refractivity contribution is 6.01. The molecule has 1 atom stereocenters. The van der Waals surface area contributed by atoms with Crippen LogP contribution >= 0.6 is 0 Å². The van der Waals surface area contributed by atoms with Crippen molar-refractivity contribution < 1.29 is 23.9 Å². The molecule has 1 aromatic rings. The fraction of sp³-hybridized carbons (Fsp3) is 0.381. The van der Waals surface area contributed by atoms with E-state index in [0.717, 1.165) is 5.56 Å². The van der Waals surface area contributed by atoms with Gasteiger partial charge in [-0.3, -0.25) is 14.5 Å². The molecule has 7 nitrogen and oxygen atoms in total. The number of nitrogens with zero attached hydrogens (tertiary/aromatic N) is 2. The summed E-state index contributed by atoms with van der Waals surface area (Å²) in [6, 6.07) is 9.32. The van der Waals surface area contributed by atoms with Crippen LogP contribution in [0.25, 0.3) is 0 Å². The molecule has 1 unspecified atom stereocenters. The van der Waals surface area contributed by atoms with Crippen molar-refractivity contribution in [2.24, 2.45) is 11.3 Å². The average Bonchev–Trinajstić information content (AvgIpc) is 2.99. The number of rotatable bonds is 5. The first kappa shape index (κ1) is 19.7. The largest absolute Gasteiger partial charge is 0.460 e. The van der Waals surface area contributed by atoms with Crippen molar-refractivity contribution in [3.63, 3.8) is 0 Å². The van der Waals surface area contributed by atoms with E-state index in [-0.39, 0.29) is 19.1 Å². The van der Waals surface area contributed by atoms with Crippen molar-refractivity contribution in [1.82, 2.24) is 9.80 Å². The molecule has 1 saturated heterocycles. The Bertz CT molecular complexity index is 788. The zero-order valence-electron chi connectivity index (χ0n) is 16.0. The topological polar surface area (TPSA) is 76.2 Å². The summed E-state index contributed by atoms with van der Waals surface area (Å²) in [6.45, 7) is 4.81. The van der Waals surface area contributed by atoms with Crippen LogP contribution in [0.3, 0.4) is 0 Å². The zero-order valence-corrected chi connectivity index (χ0v) is 16.0. The van der Waals surface area contributed by atoms with Crippen molar-refractivity contribution >= 4 is 18.0 Å². The number of amides is 2. The van der Waals surface area contributed by atoms with Crippen LogP contribution in [0.1, 0.15) is 19.4 Å². The number of carbonyl (C=O) groups excluding carboxylic acids is 3. The summed E-state index contributed by atoms with van der Waals surface area (Å²) in [5.41, 5.74) is 0.00930. The molecule has 0 aliphatic carbocycles. The van der Waals surface area contributed by atoms with E-state index in [4.69, 9.17) is 9.47 Å². The van der Waals surface area contributed by atoms with Crippen LogP contribution in [0.15, 0.2) is 54.9 Å². The molecule has 2 heterocycles. The summed E-state index contributed by atoms with van der Waals surface area (Å²) >= 11 is 0. The summed E-state index contributed by atoms with van der Waals surface area (Å²) in [4.78, 5) is 40.5. The molecule has 7 heteroatoms. The minimum absolute atomic E-state index is 0.105. The predicted octanol–water partition coefficient (Wildman–Crippen LogP) is 2.69. The third-order valence-corrected chi connectivity index (χ3v) is 4.97. The Morgan fingerprint density at radius 1 is 1.11 bits per heavy atom. The Morgan fingerprint density at radius 2 is 1.79 bits per heavy atom. The van der Waals surface area contributed by atoms with Gasteiger partial charge in [-0.1, -0.05) is 42.5 Å². The molecule has 0 bridgehead atoms. The van der Waals surface area contributed by atoms with Crippen LogP contribution in [-0.2, 0) is 25.7 Å². The number of likely N-dealkylation sites (tertiary alicyclic amines) is 1. The smallest absolute Gasteiger partial charge is 0.417 e. The van der Waals surface area contributed by atoms with Gasteiger partial charge in [0.2, 0.25) is 5.91 Å². The second-order valence-corrected chi connectivity index (χ2v) is 6.73. The summed E-state index contributed by atoms with van der Waals surface area (Å²) in [5, 5.41) is 0. The zero-order chi connectivity index (χ0) is 20.1. The monoisotopic (exact) mass is 384 g/mol. The summed E-state index contributed by atoms with van der Waals surface area (Å²) in [6.07, 6.45) is 6.01. The van der Waals surface area contributed by atoms with E-state index in [2.05, 4.69) is 0 Å². The van der Waals surface area contributed by atoms with Crippen molar-refractivity contribution in [2.75, 3.05) is 19.7 Å². The van der Waals surface area contributed by atoms with E-state index < -0.39 is 23.4 Å². The molecule has 0 radical (unpaired) electrons. The average molecular weight is 384 g/mol. The lowest BCUT2D eigenvalue weighted by molar-refractivity contribution is -0.155. The fourth-order valence-corrected chi connectivity index (χ4v) is 3.47. The highest BCUT2D eigenvalue weighted by atomic mass is 16.6. The lowest BCUT2D eigenvalue weighted by Gasteiger charge is -2.30. The molecule has 0 saturated carbocycles. The molecule has 0 N–H and O–H groups in total. The lowest BCUT2D eigenvalue weighted by Crippen LogP contribution is -2.38. The van der Waals surface area contributed by atoms with Crippen molar-refractivity contribution in [1.29, 1.82) is 0 Å². The second kappa shape index (κ2) is 8.29. The van der Waals surface area contributed by atoms with Gasteiger partial charge in [0.15, 0.2) is 0 Å². The molecule has 1 aromatic carbocycles. The van der Waals surface area contributed by atoms with Crippen LogP contribution in [0.4, 0.5) is 4.79 Å². The third-order valence-electron chi connectivity index (χ3n) is 4.97. The summed E-state index contributed by atoms with van der Waals surface area (Å²) in [5.74, 6) is -1.81. The van der Waals surface area contributed by atoms with Gasteiger partial charge in [0.1, 0.15) is 12.5 Å². The van der Waals surface area contributed by atoms with E-state index in [1.807, 2.05) is 37.3 Å². The summed E-state index contributed by atoms with van der Waals surface area (Å²) in [7, 11) is 0. The number of benzene rings is 1. The predicted molar refractivity (Wildman–Crippen MR) is 102 cm³/mol. The molecule has 28 heavy (non-hydrogen) atoms. The van der Waals surface area contributed by atoms with Gasteiger partial charge in [0.25, 0.3) is 0 Å². The molecular weight excluding hydrogens is 360 g/mol. The lowest BCUT2D eigenvalue weighted by atomic mass is 9.76. The first-order valence-electron chi connectivity index (χ1n) is 9.34. The minimum atomic E-state index is -0.979. The molecule has 2 amide bonds. The number of ether oxygens (including phenoxy) is 2. The van der Waals surface area contributed by atoms with E-state index >= 15 is 0 Å². The normalized spacial score (nSPS) is 19.9. The molecule has 2 aliphatic rings. The number of hydrogen-bond donors (Lipinski definition) is 0. The second-order valence-electron chi connectivity index (χ2n) is 6.73. The molecule has 1 spiro atoms. The summed E-state index contributed by atoms with van der Waals surface area (Å²) < 4.78 is 10.4. The molecule has 2 aliphatic heterocycles. The number of carbonyl (C=O) groups is 3. The van der Waals surface area contributed by atoms with Gasteiger partial charge < -0.3 is 14.4 Å². The number of hydrogen-bond acceptors (Lipinski definition) is 5. The Hall–Kier alpha value is -3.09. The molecule has 3 rings (SSSR count). The van der Waals surface area contributed by atoms with Gasteiger partial charge in [-0.2, -0.15) is 0 Å². The Kier molecular flexibility index (Phi) is 5.82. The Balaban J connectivity index is 1.78. The van der Waals surface area contributed by atoms with Crippen LogP contribution < -0.4 is 0 Å². The number of esters is 1. The van der Waals surface area contributed by atoms with E-state index in [1.54, 1.807) is 36.4 Å². The molecule has 0 aromatic heterocycles. The highest BCUT2D eigenvalue weighted by Gasteiger charge is 2.54. The fourth-order valence-electron chi connectivity index (χ4n) is 3.47. The van der Waals surface area contributed by atoms with Gasteiger partial charge in [-0.25, -0.2) is 4.79 Å². The van der Waals surface area contributed by atoms with Gasteiger partial charge in [-0.15, -0.1) is 0 Å². The van der Waals surface area contributed by atoms with Gasteiger partial charge in [-0.05, 0) is 19.4 Å². The third kappa shape index (κ3) is 3.78. The van der Waals surface area contributed by atoms with E-state index in [1.165, 1.54) is 4.90 Å². The Morgan fingerprint density at radius 3 is 2.39 bits per heavy atom. The molecule has 148 valence electrons. The highest BCUT2D eigenvalue weighted by Crippen LogP contribution is 2.42. The first-order chi connectivity index (χ1) is 13.5. The standard InChI is InChI=1S/C21H24N2O5/c1-3-22-15-21(10-12-23(13-11-21)20(26)27-4-2)17(18(22)24)19(25)28-14-16-8-6-5-7-9-16/h5-13,17H,3-4,14-15H2,1-2H3. The van der Waals surface area contributed by atoms with Crippen molar-refractivity contribution in [2.45, 2.75) is 20.5 Å². The maximum atomic E-state index is 12.8.